The van der Waals surface area contributed by atoms with Crippen molar-refractivity contribution in [3.8, 4) is 5.75 Å². The van der Waals surface area contributed by atoms with E-state index in [1.165, 1.54) is 13.3 Å². The smallest absolute Gasteiger partial charge is 0.324 e. The first-order valence-electron chi connectivity index (χ1n) is 12.0. The minimum atomic E-state index is -0.335. The highest BCUT2D eigenvalue weighted by molar-refractivity contribution is 5.83. The number of aromatic nitrogens is 1. The van der Waals surface area contributed by atoms with Crippen molar-refractivity contribution in [1.82, 2.24) is 14.8 Å². The Labute approximate surface area is 206 Å². The van der Waals surface area contributed by atoms with Gasteiger partial charge in [-0.15, -0.1) is 0 Å². The van der Waals surface area contributed by atoms with Crippen molar-refractivity contribution in [1.29, 1.82) is 0 Å². The highest BCUT2D eigenvalue weighted by atomic mass is 19.1. The first kappa shape index (κ1) is 24.8. The maximum Gasteiger partial charge on any atom is 0.324 e. The highest BCUT2D eigenvalue weighted by Crippen LogP contribution is 2.26. The summed E-state index contributed by atoms with van der Waals surface area (Å²) in [5.74, 6) is 0.131. The van der Waals surface area contributed by atoms with E-state index in [2.05, 4.69) is 39.1 Å². The van der Waals surface area contributed by atoms with Crippen LogP contribution in [0, 0.1) is 5.82 Å². The maximum absolute atomic E-state index is 14.7. The van der Waals surface area contributed by atoms with E-state index in [-0.39, 0.29) is 17.8 Å². The number of hydrogen-bond acceptors (Lipinski definition) is 6. The summed E-state index contributed by atoms with van der Waals surface area (Å²) in [6, 6.07) is 15.3. The van der Waals surface area contributed by atoms with Crippen molar-refractivity contribution in [2.24, 2.45) is 0 Å². The Balaban J connectivity index is 1.38. The quantitative estimate of drug-likeness (QED) is 0.431. The second-order valence-corrected chi connectivity index (χ2v) is 8.72. The summed E-state index contributed by atoms with van der Waals surface area (Å²) < 4.78 is 25.1. The molecule has 0 N–H and O–H groups in total. The SMILES string of the molecule is COC(=O)[C@H]1CN(C/C=C/c2ccccc2)CCN1CCCc1c(F)cnc2ccc(OC)cc12. The number of piperazine rings is 1. The molecule has 0 spiro atoms. The minimum Gasteiger partial charge on any atom is -0.497 e. The normalized spacial score (nSPS) is 17.2. The molecule has 2 aromatic carbocycles. The number of fused-ring (bicyclic) bond motifs is 1. The van der Waals surface area contributed by atoms with E-state index in [1.54, 1.807) is 7.11 Å². The third-order valence-electron chi connectivity index (χ3n) is 6.53. The van der Waals surface area contributed by atoms with Crippen LogP contribution < -0.4 is 4.74 Å². The predicted molar refractivity (Wildman–Crippen MR) is 136 cm³/mol. The van der Waals surface area contributed by atoms with E-state index in [9.17, 15) is 9.18 Å². The summed E-state index contributed by atoms with van der Waals surface area (Å²) in [7, 11) is 3.03. The van der Waals surface area contributed by atoms with Crippen LogP contribution in [0.2, 0.25) is 0 Å². The lowest BCUT2D eigenvalue weighted by atomic mass is 10.0. The fraction of sp³-hybridized carbons (Fsp3) is 0.357. The minimum absolute atomic E-state index is 0.230. The van der Waals surface area contributed by atoms with Gasteiger partial charge in [0.15, 0.2) is 0 Å². The average Bonchev–Trinajstić information content (AvgIpc) is 2.90. The van der Waals surface area contributed by atoms with E-state index in [4.69, 9.17) is 9.47 Å². The number of rotatable bonds is 9. The van der Waals surface area contributed by atoms with Crippen molar-refractivity contribution in [2.45, 2.75) is 18.9 Å². The van der Waals surface area contributed by atoms with E-state index in [0.29, 0.717) is 37.2 Å². The highest BCUT2D eigenvalue weighted by Gasteiger charge is 2.32. The second-order valence-electron chi connectivity index (χ2n) is 8.72. The molecule has 0 radical (unpaired) electrons. The number of methoxy groups -OCH3 is 2. The summed E-state index contributed by atoms with van der Waals surface area (Å²) >= 11 is 0. The van der Waals surface area contributed by atoms with Gasteiger partial charge in [-0.3, -0.25) is 19.6 Å². The molecule has 35 heavy (non-hydrogen) atoms. The molecule has 1 aliphatic heterocycles. The Morgan fingerprint density at radius 2 is 2.00 bits per heavy atom. The van der Waals surface area contributed by atoms with Gasteiger partial charge >= 0.3 is 5.97 Å². The number of carbonyl (C=O) groups is 1. The molecule has 1 fully saturated rings. The van der Waals surface area contributed by atoms with Gasteiger partial charge < -0.3 is 9.47 Å². The van der Waals surface area contributed by atoms with Gasteiger partial charge in [0.2, 0.25) is 0 Å². The van der Waals surface area contributed by atoms with E-state index in [0.717, 1.165) is 36.1 Å². The zero-order chi connectivity index (χ0) is 24.6. The number of nitrogens with zero attached hydrogens (tertiary/aromatic N) is 3. The molecule has 0 unspecified atom stereocenters. The van der Waals surface area contributed by atoms with Gasteiger partial charge in [-0.1, -0.05) is 42.5 Å². The van der Waals surface area contributed by atoms with Crippen LogP contribution in [0.3, 0.4) is 0 Å². The van der Waals surface area contributed by atoms with E-state index in [1.807, 2.05) is 36.4 Å². The largest absolute Gasteiger partial charge is 0.497 e. The van der Waals surface area contributed by atoms with Crippen LogP contribution in [0.15, 0.2) is 60.8 Å². The van der Waals surface area contributed by atoms with Crippen LogP contribution in [0.5, 0.6) is 5.75 Å². The molecule has 1 aromatic heterocycles. The van der Waals surface area contributed by atoms with Crippen molar-refractivity contribution >= 4 is 22.9 Å². The van der Waals surface area contributed by atoms with E-state index >= 15 is 0 Å². The average molecular weight is 478 g/mol. The maximum atomic E-state index is 14.7. The zero-order valence-electron chi connectivity index (χ0n) is 20.3. The number of halogens is 1. The van der Waals surface area contributed by atoms with Gasteiger partial charge in [-0.2, -0.15) is 0 Å². The Bertz CT molecular complexity index is 1170. The third-order valence-corrected chi connectivity index (χ3v) is 6.53. The molecule has 1 saturated heterocycles. The van der Waals surface area contributed by atoms with Crippen LogP contribution in [0.4, 0.5) is 4.39 Å². The first-order chi connectivity index (χ1) is 17.1. The molecular weight excluding hydrogens is 445 g/mol. The summed E-state index contributed by atoms with van der Waals surface area (Å²) in [4.78, 5) is 21.2. The van der Waals surface area contributed by atoms with Crippen LogP contribution >= 0.6 is 0 Å². The van der Waals surface area contributed by atoms with Gasteiger partial charge in [-0.25, -0.2) is 4.39 Å². The van der Waals surface area contributed by atoms with Crippen LogP contribution in [-0.4, -0.2) is 73.7 Å². The van der Waals surface area contributed by atoms with E-state index < -0.39 is 0 Å². The Morgan fingerprint density at radius 1 is 1.17 bits per heavy atom. The number of esters is 1. The Morgan fingerprint density at radius 3 is 2.77 bits per heavy atom. The van der Waals surface area contributed by atoms with Crippen molar-refractivity contribution in [2.75, 3.05) is 46.9 Å². The molecular formula is C28H32FN3O3. The number of ether oxygens (including phenoxy) is 2. The van der Waals surface area contributed by atoms with Crippen LogP contribution in [0.1, 0.15) is 17.5 Å². The molecule has 184 valence electrons. The number of aryl methyl sites for hydroxylation is 1. The molecule has 0 amide bonds. The standard InChI is InChI=1S/C28H32FN3O3/c1-34-22-12-13-26-24(18-22)23(25(29)19-30-26)11-7-15-32-17-16-31(20-27(32)28(33)35-2)14-6-10-21-8-4-3-5-9-21/h3-6,8-10,12-13,18-19,27H,7,11,14-17,20H2,1-2H3/b10-6+/t27-/m1/s1. The lowest BCUT2D eigenvalue weighted by molar-refractivity contribution is -0.149. The lowest BCUT2D eigenvalue weighted by Crippen LogP contribution is -2.56. The van der Waals surface area contributed by atoms with Crippen molar-refractivity contribution < 1.29 is 18.7 Å². The fourth-order valence-corrected chi connectivity index (χ4v) is 4.61. The van der Waals surface area contributed by atoms with Gasteiger partial charge in [-0.05, 0) is 48.7 Å². The molecule has 0 saturated carbocycles. The summed E-state index contributed by atoms with van der Waals surface area (Å²) in [5, 5.41) is 0.767. The van der Waals surface area contributed by atoms with Crippen molar-refractivity contribution in [3.05, 3.63) is 77.7 Å². The third kappa shape index (κ3) is 6.24. The van der Waals surface area contributed by atoms with Gasteiger partial charge in [0.1, 0.15) is 17.6 Å². The molecule has 0 aliphatic carbocycles. The topological polar surface area (TPSA) is 54.9 Å². The summed E-state index contributed by atoms with van der Waals surface area (Å²) in [6.45, 7) is 3.67. The lowest BCUT2D eigenvalue weighted by Gasteiger charge is -2.39. The van der Waals surface area contributed by atoms with Crippen molar-refractivity contribution in [3.63, 3.8) is 0 Å². The number of carbonyl (C=O) groups excluding carboxylic acids is 1. The van der Waals surface area contributed by atoms with Gasteiger partial charge in [0, 0.05) is 31.6 Å². The number of benzene rings is 2. The zero-order valence-corrected chi connectivity index (χ0v) is 20.3. The molecule has 1 aliphatic rings. The van der Waals surface area contributed by atoms with Gasteiger partial charge in [0.25, 0.3) is 0 Å². The molecule has 4 rings (SSSR count). The Kier molecular flexibility index (Phi) is 8.45. The Hall–Kier alpha value is -3.29. The molecule has 3 aromatic rings. The fourth-order valence-electron chi connectivity index (χ4n) is 4.61. The molecule has 1 atom stereocenters. The van der Waals surface area contributed by atoms with Crippen LogP contribution in [-0.2, 0) is 16.0 Å². The monoisotopic (exact) mass is 477 g/mol. The molecule has 2 heterocycles. The summed E-state index contributed by atoms with van der Waals surface area (Å²) in [5.41, 5.74) is 2.53. The van der Waals surface area contributed by atoms with Gasteiger partial charge in [0.05, 0.1) is 25.9 Å². The summed E-state index contributed by atoms with van der Waals surface area (Å²) in [6.07, 6.45) is 6.77. The predicted octanol–water partition coefficient (Wildman–Crippen LogP) is 4.19. The molecule has 7 heteroatoms. The molecule has 6 nitrogen and oxygen atoms in total. The second kappa shape index (κ2) is 11.9. The first-order valence-corrected chi connectivity index (χ1v) is 12.0. The van der Waals surface area contributed by atoms with Crippen LogP contribution in [0.25, 0.3) is 17.0 Å². The number of pyridine rings is 1. The molecule has 0 bridgehead atoms. The number of hydrogen-bond donors (Lipinski definition) is 0.